The fourth-order valence-electron chi connectivity index (χ4n) is 7.83. The molecule has 0 bridgehead atoms. The van der Waals surface area contributed by atoms with Gasteiger partial charge in [0.05, 0.1) is 11.1 Å². The van der Waals surface area contributed by atoms with Crippen molar-refractivity contribution in [2.45, 2.75) is 80.8 Å². The first-order valence-electron chi connectivity index (χ1n) is 18.4. The summed E-state index contributed by atoms with van der Waals surface area (Å²) in [6.07, 6.45) is -1.89. The maximum atomic E-state index is 14.4. The van der Waals surface area contributed by atoms with Gasteiger partial charge in [0.15, 0.2) is 0 Å². The highest BCUT2D eigenvalue weighted by molar-refractivity contribution is 7.39. The fraction of sp³-hybridized carbons (Fsp3) is 0.486. The molecule has 0 saturated carbocycles. The first-order chi connectivity index (χ1) is 26.7. The van der Waals surface area contributed by atoms with Gasteiger partial charge in [0.1, 0.15) is 23.8 Å². The molecule has 2 aromatic carbocycles. The lowest BCUT2D eigenvalue weighted by Crippen LogP contribution is -2.62. The Labute approximate surface area is 322 Å². The molecule has 0 aliphatic carbocycles. The first-order valence-corrected chi connectivity index (χ1v) is 19.6. The molecule has 3 fully saturated rings. The Morgan fingerprint density at radius 3 is 2.52 bits per heavy atom. The number of nitrogens with one attached hydrogen (secondary N) is 4. The van der Waals surface area contributed by atoms with Crippen molar-refractivity contribution in [2.24, 2.45) is 5.73 Å². The summed E-state index contributed by atoms with van der Waals surface area (Å²) < 4.78 is 38.3. The highest BCUT2D eigenvalue weighted by Crippen LogP contribution is 2.42. The number of carbonyl (C=O) groups is 5. The summed E-state index contributed by atoms with van der Waals surface area (Å²) in [6, 6.07) is 10.5. The molecule has 4 atom stereocenters. The number of amides is 5. The van der Waals surface area contributed by atoms with E-state index in [0.717, 1.165) is 17.7 Å². The topological polar surface area (TPSA) is 229 Å². The van der Waals surface area contributed by atoms with Crippen LogP contribution < -0.4 is 21.7 Å². The molecule has 0 radical (unpaired) electrons. The smallest absolute Gasteiger partial charge is 0.381 e. The highest BCUT2D eigenvalue weighted by atomic mass is 31.2. The fourth-order valence-corrected chi connectivity index (χ4v) is 8.14. The van der Waals surface area contributed by atoms with Crippen molar-refractivity contribution in [3.63, 3.8) is 0 Å². The van der Waals surface area contributed by atoms with Crippen LogP contribution in [0.2, 0.25) is 0 Å². The summed E-state index contributed by atoms with van der Waals surface area (Å²) in [4.78, 5) is 92.0. The van der Waals surface area contributed by atoms with Gasteiger partial charge in [0.25, 0.3) is 5.91 Å². The van der Waals surface area contributed by atoms with E-state index in [-0.39, 0.29) is 36.5 Å². The molecule has 6 rings (SSSR count). The average molecular weight is 802 g/mol. The summed E-state index contributed by atoms with van der Waals surface area (Å²) in [5.74, 6) is -2.93. The second kappa shape index (κ2) is 17.3. The quantitative estimate of drug-likeness (QED) is 0.124. The van der Waals surface area contributed by atoms with Crippen molar-refractivity contribution in [1.82, 2.24) is 30.7 Å². The number of halogens is 2. The summed E-state index contributed by atoms with van der Waals surface area (Å²) in [5, 5.41) is 8.91. The number of primary amides is 1. The molecule has 0 unspecified atom stereocenters. The molecule has 4 heterocycles. The van der Waals surface area contributed by atoms with E-state index in [9.17, 15) is 32.8 Å². The van der Waals surface area contributed by atoms with E-state index in [2.05, 4.69) is 25.5 Å². The Kier molecular flexibility index (Phi) is 12.7. The number of hydrogen-bond donors (Lipinski definition) is 7. The molecule has 1 aromatic heterocycles. The van der Waals surface area contributed by atoms with Crippen molar-refractivity contribution in [1.29, 1.82) is 0 Å². The predicted molar refractivity (Wildman–Crippen MR) is 198 cm³/mol. The lowest BCUT2D eigenvalue weighted by Gasteiger charge is -2.40. The van der Waals surface area contributed by atoms with Crippen molar-refractivity contribution < 1.29 is 51.8 Å². The van der Waals surface area contributed by atoms with Crippen LogP contribution in [0.1, 0.15) is 66.6 Å². The van der Waals surface area contributed by atoms with E-state index in [0.29, 0.717) is 57.4 Å². The van der Waals surface area contributed by atoms with Gasteiger partial charge in [-0.25, -0.2) is 4.52 Å². The first kappa shape index (κ1) is 41.1. The van der Waals surface area contributed by atoms with Gasteiger partial charge in [-0.05, 0) is 81.9 Å². The number of aromatic amines is 1. The van der Waals surface area contributed by atoms with E-state index in [4.69, 9.17) is 20.3 Å². The zero-order valence-electron chi connectivity index (χ0n) is 30.7. The number of nitrogens with zero attached hydrogens (tertiary/aromatic N) is 2. The molecular weight excluding hydrogens is 755 g/mol. The monoisotopic (exact) mass is 801 g/mol. The average Bonchev–Trinajstić information content (AvgIpc) is 3.79. The summed E-state index contributed by atoms with van der Waals surface area (Å²) in [5.41, 5.74) is 5.20. The lowest BCUT2D eigenvalue weighted by molar-refractivity contribution is -0.189. The van der Waals surface area contributed by atoms with Crippen molar-refractivity contribution in [2.75, 3.05) is 33.4 Å². The van der Waals surface area contributed by atoms with E-state index < -0.39 is 73.5 Å². The van der Waals surface area contributed by atoms with Gasteiger partial charge in [0.2, 0.25) is 23.6 Å². The minimum absolute atomic E-state index is 0.0289. The summed E-state index contributed by atoms with van der Waals surface area (Å²) >= 11 is 0. The third-order valence-electron chi connectivity index (χ3n) is 10.7. The zero-order chi connectivity index (χ0) is 40.2. The van der Waals surface area contributed by atoms with Crippen LogP contribution in [0.25, 0.3) is 10.9 Å². The van der Waals surface area contributed by atoms with Crippen LogP contribution >= 0.6 is 8.60 Å². The number of fused-ring (bicyclic) bond motifs is 2. The van der Waals surface area contributed by atoms with E-state index in [1.54, 1.807) is 7.05 Å². The molecule has 3 aromatic rings. The molecule has 0 spiro atoms. The maximum Gasteiger partial charge on any atom is 0.389 e. The number of likely N-dealkylation sites (N-methyl/N-ethyl adjacent to an activating group) is 1. The second-order valence-corrected chi connectivity index (χ2v) is 15.2. The normalized spacial score (nSPS) is 22.2. The molecule has 302 valence electrons. The van der Waals surface area contributed by atoms with Crippen LogP contribution in [0.4, 0.5) is 8.78 Å². The Morgan fingerprint density at radius 1 is 1.09 bits per heavy atom. The molecule has 5 amide bonds. The molecule has 3 aliphatic rings. The molecule has 19 heteroatoms. The molecule has 3 saturated heterocycles. The number of alkyl halides is 2. The van der Waals surface area contributed by atoms with Crippen molar-refractivity contribution in [3.05, 3.63) is 71.4 Å². The van der Waals surface area contributed by atoms with Crippen LogP contribution in [0.3, 0.4) is 0 Å². The van der Waals surface area contributed by atoms with Gasteiger partial charge < -0.3 is 51.0 Å². The van der Waals surface area contributed by atoms with E-state index in [1.165, 1.54) is 17.0 Å². The number of benzene rings is 2. The number of carbonyl (C=O) groups excluding carboxylic acids is 5. The van der Waals surface area contributed by atoms with Gasteiger partial charge in [-0.1, -0.05) is 30.3 Å². The van der Waals surface area contributed by atoms with Crippen LogP contribution in [0.5, 0.6) is 0 Å². The number of aromatic nitrogens is 1. The predicted octanol–water partition coefficient (Wildman–Crippen LogP) is 1.81. The standard InChI is InChI=1S/C37H46F2N7O9P/c1-45-16-13-25-8-11-30(34(50)42-27(10-12-31(40)47)33(49)44-36(14-17-54-18-15-36)23-5-3-2-4-6-23)46(25)35(51)29(21-45)43-32(48)28-20-22-19-24(7-9-26(22)41-28)37(38,39)55-56(52)53/h2-7,9,19-20,25,27,29-30,41,52-53H,8,10-18,21H2,1H3,(H2,40,47)(H,42,50)(H,43,48)(H,44,49)/t25-,27+,29+,30+/m1/s1. The van der Waals surface area contributed by atoms with E-state index in [1.807, 2.05) is 35.2 Å². The van der Waals surface area contributed by atoms with Gasteiger partial charge in [-0.15, -0.1) is 0 Å². The van der Waals surface area contributed by atoms with Crippen LogP contribution in [-0.2, 0) is 40.1 Å². The largest absolute Gasteiger partial charge is 0.389 e. The summed E-state index contributed by atoms with van der Waals surface area (Å²) in [7, 11) is -1.54. The third kappa shape index (κ3) is 9.33. The minimum Gasteiger partial charge on any atom is -0.381 e. The van der Waals surface area contributed by atoms with Crippen molar-refractivity contribution >= 4 is 49.0 Å². The minimum atomic E-state index is -4.01. The Hall–Kier alpha value is -4.58. The van der Waals surface area contributed by atoms with Gasteiger partial charge in [-0.2, -0.15) is 8.78 Å². The van der Waals surface area contributed by atoms with Crippen LogP contribution in [-0.4, -0.2) is 112 Å². The number of hydrogen-bond acceptors (Lipinski definition) is 10. The third-order valence-corrected chi connectivity index (χ3v) is 11.1. The molecule has 56 heavy (non-hydrogen) atoms. The molecular formula is C37H46F2N7O9P. The van der Waals surface area contributed by atoms with Crippen LogP contribution in [0, 0.1) is 0 Å². The van der Waals surface area contributed by atoms with Crippen molar-refractivity contribution in [3.8, 4) is 0 Å². The number of nitrogens with two attached hydrogens (primary N) is 1. The Morgan fingerprint density at radius 2 is 1.82 bits per heavy atom. The molecule has 8 N–H and O–H groups in total. The van der Waals surface area contributed by atoms with Gasteiger partial charge >= 0.3 is 14.7 Å². The molecule has 16 nitrogen and oxygen atoms in total. The van der Waals surface area contributed by atoms with Crippen LogP contribution in [0.15, 0.2) is 54.6 Å². The van der Waals surface area contributed by atoms with E-state index >= 15 is 0 Å². The number of rotatable bonds is 13. The summed E-state index contributed by atoms with van der Waals surface area (Å²) in [6.45, 7) is 1.48. The number of ether oxygens (including phenoxy) is 1. The second-order valence-electron chi connectivity index (χ2n) is 14.5. The molecule has 3 aliphatic heterocycles. The number of H-pyrrole nitrogens is 1. The lowest BCUT2D eigenvalue weighted by atomic mass is 9.82. The highest BCUT2D eigenvalue weighted by Gasteiger charge is 2.46. The van der Waals surface area contributed by atoms with Gasteiger partial charge in [0, 0.05) is 43.1 Å². The SMILES string of the molecule is CN1CC[C@H]2CC[C@@H](C(=O)N[C@@H](CCC(N)=O)C(=O)NC3(c4ccccc4)CCOCC3)N2C(=O)[C@@H](NC(=O)c2cc3cc(C(F)(F)OP(O)O)ccc3[nH]2)C1. The maximum absolute atomic E-state index is 14.4. The Balaban J connectivity index is 1.19. The Bertz CT molecular complexity index is 1930. The van der Waals surface area contributed by atoms with Gasteiger partial charge in [-0.3, -0.25) is 24.0 Å². The zero-order valence-corrected chi connectivity index (χ0v) is 31.6.